The van der Waals surface area contributed by atoms with Gasteiger partial charge in [-0.05, 0) is 58.1 Å². The van der Waals surface area contributed by atoms with Gasteiger partial charge in [0, 0.05) is 53.2 Å². The van der Waals surface area contributed by atoms with Crippen LogP contribution >= 0.6 is 11.3 Å². The Morgan fingerprint density at radius 1 is 0.339 bits per heavy atom. The van der Waals surface area contributed by atoms with Gasteiger partial charge in [0.15, 0.2) is 17.5 Å². The third-order valence-electron chi connectivity index (χ3n) is 10.5. The van der Waals surface area contributed by atoms with Gasteiger partial charge in [0.2, 0.25) is 0 Å². The van der Waals surface area contributed by atoms with Gasteiger partial charge in [-0.1, -0.05) is 158 Å². The molecule has 0 aliphatic rings. The van der Waals surface area contributed by atoms with E-state index < -0.39 is 0 Å². The van der Waals surface area contributed by atoms with Crippen LogP contribution in [-0.2, 0) is 0 Å². The van der Waals surface area contributed by atoms with E-state index in [1.54, 1.807) is 0 Å². The lowest BCUT2D eigenvalue weighted by Gasteiger charge is -2.10. The van der Waals surface area contributed by atoms with E-state index >= 15 is 0 Å². The highest BCUT2D eigenvalue weighted by molar-refractivity contribution is 7.25. The average Bonchev–Trinajstić information content (AvgIpc) is 3.85. The minimum absolute atomic E-state index is 0.623. The fourth-order valence-corrected chi connectivity index (χ4v) is 9.00. The largest absolute Gasteiger partial charge is 0.455 e. The molecule has 5 heteroatoms. The number of benzene rings is 8. The van der Waals surface area contributed by atoms with E-state index in [0.717, 1.165) is 60.9 Å². The van der Waals surface area contributed by atoms with Gasteiger partial charge in [-0.25, -0.2) is 15.0 Å². The lowest BCUT2D eigenvalue weighted by Crippen LogP contribution is -2.00. The molecule has 11 aromatic rings. The Kier molecular flexibility index (Phi) is 7.64. The number of fused-ring (bicyclic) bond motifs is 6. The topological polar surface area (TPSA) is 51.8 Å². The summed E-state index contributed by atoms with van der Waals surface area (Å²) in [7, 11) is 0. The van der Waals surface area contributed by atoms with Crippen LogP contribution in [0.4, 0.5) is 0 Å². The summed E-state index contributed by atoms with van der Waals surface area (Å²) in [4.78, 5) is 14.9. The van der Waals surface area contributed by atoms with Crippen molar-refractivity contribution in [1.29, 1.82) is 0 Å². The summed E-state index contributed by atoms with van der Waals surface area (Å²) in [5, 5.41) is 4.78. The van der Waals surface area contributed by atoms with Gasteiger partial charge in [0.05, 0.1) is 0 Å². The van der Waals surface area contributed by atoms with Crippen LogP contribution in [0.5, 0.6) is 0 Å². The van der Waals surface area contributed by atoms with Gasteiger partial charge in [-0.2, -0.15) is 0 Å². The highest BCUT2D eigenvalue weighted by Crippen LogP contribution is 2.42. The number of thiophene rings is 1. The quantitative estimate of drug-likeness (QED) is 0.171. The smallest absolute Gasteiger partial charge is 0.164 e. The summed E-state index contributed by atoms with van der Waals surface area (Å²) in [5.74, 6) is 1.90. The Labute approximate surface area is 327 Å². The molecule has 0 unspecified atom stereocenters. The minimum Gasteiger partial charge on any atom is -0.455 e. The first kappa shape index (κ1) is 32.2. The number of rotatable bonds is 6. The molecule has 8 aromatic carbocycles. The van der Waals surface area contributed by atoms with E-state index in [0.29, 0.717) is 17.5 Å². The van der Waals surface area contributed by atoms with Crippen LogP contribution in [0.2, 0.25) is 0 Å². The van der Waals surface area contributed by atoms with Crippen molar-refractivity contribution in [2.75, 3.05) is 0 Å². The third-order valence-corrected chi connectivity index (χ3v) is 11.7. The van der Waals surface area contributed by atoms with Gasteiger partial charge in [-0.3, -0.25) is 0 Å². The van der Waals surface area contributed by atoms with E-state index in [1.165, 1.54) is 31.3 Å². The van der Waals surface area contributed by atoms with E-state index in [1.807, 2.05) is 72.0 Å². The van der Waals surface area contributed by atoms with Crippen molar-refractivity contribution in [2.45, 2.75) is 0 Å². The van der Waals surface area contributed by atoms with Crippen LogP contribution in [0.15, 0.2) is 192 Å². The van der Waals surface area contributed by atoms with Gasteiger partial charge in [0.25, 0.3) is 0 Å². The van der Waals surface area contributed by atoms with Crippen LogP contribution in [0.3, 0.4) is 0 Å². The third kappa shape index (κ3) is 5.56. The molecule has 56 heavy (non-hydrogen) atoms. The molecule has 11 rings (SSSR count). The summed E-state index contributed by atoms with van der Waals surface area (Å²) >= 11 is 1.85. The van der Waals surface area contributed by atoms with Gasteiger partial charge in [-0.15, -0.1) is 11.3 Å². The first-order valence-electron chi connectivity index (χ1n) is 18.7. The monoisotopic (exact) mass is 733 g/mol. The van der Waals surface area contributed by atoms with Gasteiger partial charge >= 0.3 is 0 Å². The molecule has 0 aliphatic heterocycles. The molecule has 0 saturated carbocycles. The molecule has 4 nitrogen and oxygen atoms in total. The SMILES string of the molecule is c1ccc(-c2nc(-c3ccccc3)nc(-c3cccc(-c4cccc5oc6c(-c7cccc(-c8ccc9c(c8)sc8ccccc89)c7)cccc6c45)c3)n2)cc1. The number of furan rings is 1. The Balaban J connectivity index is 1.01. The first-order chi connectivity index (χ1) is 27.7. The van der Waals surface area contributed by atoms with Crippen LogP contribution in [-0.4, -0.2) is 15.0 Å². The second kappa shape index (κ2) is 13.3. The Morgan fingerprint density at radius 3 is 1.62 bits per heavy atom. The normalized spacial score (nSPS) is 11.6. The van der Waals surface area contributed by atoms with Crippen LogP contribution in [0.1, 0.15) is 0 Å². The molecule has 0 fully saturated rings. The lowest BCUT2D eigenvalue weighted by atomic mass is 9.95. The summed E-state index contributed by atoms with van der Waals surface area (Å²) in [6, 6.07) is 65.7. The summed E-state index contributed by atoms with van der Waals surface area (Å²) < 4.78 is 9.37. The molecule has 0 bridgehead atoms. The Hall–Kier alpha value is -7.21. The molecule has 0 spiro atoms. The fourth-order valence-electron chi connectivity index (χ4n) is 7.85. The van der Waals surface area contributed by atoms with Crippen molar-refractivity contribution in [3.05, 3.63) is 188 Å². The zero-order chi connectivity index (χ0) is 37.0. The Morgan fingerprint density at radius 2 is 0.857 bits per heavy atom. The van der Waals surface area contributed by atoms with Crippen LogP contribution in [0.25, 0.3) is 110 Å². The highest BCUT2D eigenvalue weighted by Gasteiger charge is 2.18. The number of hydrogen-bond donors (Lipinski definition) is 0. The second-order valence-corrected chi connectivity index (χ2v) is 15.1. The average molecular weight is 734 g/mol. The first-order valence-corrected chi connectivity index (χ1v) is 19.5. The molecule has 3 heterocycles. The second-order valence-electron chi connectivity index (χ2n) is 14.0. The number of para-hydroxylation sites is 1. The molecule has 262 valence electrons. The van der Waals surface area contributed by atoms with Crippen LogP contribution < -0.4 is 0 Å². The maximum atomic E-state index is 6.75. The molecule has 3 aromatic heterocycles. The lowest BCUT2D eigenvalue weighted by molar-refractivity contribution is 0.670. The Bertz CT molecular complexity index is 3200. The summed E-state index contributed by atoms with van der Waals surface area (Å²) in [5.41, 5.74) is 11.2. The maximum absolute atomic E-state index is 6.75. The van der Waals surface area contributed by atoms with Crippen molar-refractivity contribution >= 4 is 53.4 Å². The highest BCUT2D eigenvalue weighted by atomic mass is 32.1. The van der Waals surface area contributed by atoms with Crippen molar-refractivity contribution in [2.24, 2.45) is 0 Å². The summed E-state index contributed by atoms with van der Waals surface area (Å²) in [6.45, 7) is 0. The zero-order valence-electron chi connectivity index (χ0n) is 30.1. The fraction of sp³-hybridized carbons (Fsp3) is 0. The number of nitrogens with zero attached hydrogens (tertiary/aromatic N) is 3. The van der Waals surface area contributed by atoms with Gasteiger partial charge in [0.1, 0.15) is 11.2 Å². The van der Waals surface area contributed by atoms with Crippen molar-refractivity contribution < 1.29 is 4.42 Å². The van der Waals surface area contributed by atoms with E-state index in [9.17, 15) is 0 Å². The molecule has 0 aliphatic carbocycles. The molecular formula is C51H31N3OS. The van der Waals surface area contributed by atoms with Crippen molar-refractivity contribution in [3.63, 3.8) is 0 Å². The number of hydrogen-bond acceptors (Lipinski definition) is 5. The van der Waals surface area contributed by atoms with Crippen molar-refractivity contribution in [3.8, 4) is 67.5 Å². The van der Waals surface area contributed by atoms with E-state index in [2.05, 4.69) is 127 Å². The van der Waals surface area contributed by atoms with Crippen LogP contribution in [0, 0.1) is 0 Å². The predicted molar refractivity (Wildman–Crippen MR) is 233 cm³/mol. The molecule has 0 saturated heterocycles. The number of aromatic nitrogens is 3. The standard InChI is InChI=1S/C51H31N3OS/c1-3-13-32(14-4-1)49-52-50(33-15-5-2-6-16-33)54-51(53-49)38-20-10-18-36(30-38)39-22-12-25-44-47(39)43-24-11-23-40(48(43)55-44)37-19-9-17-34(29-37)35-27-28-42-41-21-7-8-26-45(41)56-46(42)31-35/h1-31H. The molecular weight excluding hydrogens is 703 g/mol. The summed E-state index contributed by atoms with van der Waals surface area (Å²) in [6.07, 6.45) is 0. The molecule has 0 atom stereocenters. The molecule has 0 radical (unpaired) electrons. The minimum atomic E-state index is 0.623. The van der Waals surface area contributed by atoms with E-state index in [-0.39, 0.29) is 0 Å². The van der Waals surface area contributed by atoms with E-state index in [4.69, 9.17) is 19.4 Å². The van der Waals surface area contributed by atoms with Crippen molar-refractivity contribution in [1.82, 2.24) is 15.0 Å². The molecule has 0 N–H and O–H groups in total. The van der Waals surface area contributed by atoms with Gasteiger partial charge < -0.3 is 4.42 Å². The maximum Gasteiger partial charge on any atom is 0.164 e. The predicted octanol–water partition coefficient (Wildman–Crippen LogP) is 14.1. The zero-order valence-corrected chi connectivity index (χ0v) is 30.9. The molecule has 0 amide bonds.